The van der Waals surface area contributed by atoms with Crippen LogP contribution in [-0.4, -0.2) is 31.0 Å². The molecule has 0 aromatic carbocycles. The van der Waals surface area contributed by atoms with Crippen molar-refractivity contribution in [3.05, 3.63) is 17.5 Å². The van der Waals surface area contributed by atoms with Crippen molar-refractivity contribution < 1.29 is 45.3 Å². The van der Waals surface area contributed by atoms with Gasteiger partial charge in [-0.1, -0.05) is 0 Å². The van der Waals surface area contributed by atoms with E-state index in [0.29, 0.717) is 6.20 Å². The van der Waals surface area contributed by atoms with Gasteiger partial charge in [-0.15, -0.1) is 13.2 Å². The number of hydrogen-bond acceptors (Lipinski definition) is 5. The van der Waals surface area contributed by atoms with E-state index in [4.69, 9.17) is 0 Å². The summed E-state index contributed by atoms with van der Waals surface area (Å²) < 4.78 is 88.9. The highest BCUT2D eigenvalue weighted by molar-refractivity contribution is 5.73. The van der Waals surface area contributed by atoms with Gasteiger partial charge in [0.2, 0.25) is 0 Å². The summed E-state index contributed by atoms with van der Waals surface area (Å²) in [5.74, 6) is -3.56. The van der Waals surface area contributed by atoms with Crippen LogP contribution in [0, 0.1) is 0 Å². The zero-order chi connectivity index (χ0) is 17.8. The van der Waals surface area contributed by atoms with E-state index in [-0.39, 0.29) is 6.61 Å². The predicted molar refractivity (Wildman–Crippen MR) is 62.8 cm³/mol. The third-order valence-corrected chi connectivity index (χ3v) is 2.42. The standard InChI is InChI=1S/C12H11F6NO4/c1-3-22-8(20)4-6-9(11(13,14)15)10(23-12(16,17)18)7(21-2)5-19-6/h5H,3-4H2,1-2H3. The molecule has 5 nitrogen and oxygen atoms in total. The quantitative estimate of drug-likeness (QED) is 0.605. The van der Waals surface area contributed by atoms with Crippen LogP contribution in [0.1, 0.15) is 18.2 Å². The highest BCUT2D eigenvalue weighted by Crippen LogP contribution is 2.45. The fraction of sp³-hybridized carbons (Fsp3) is 0.500. The Morgan fingerprint density at radius 2 is 1.83 bits per heavy atom. The Morgan fingerprint density at radius 1 is 1.22 bits per heavy atom. The molecule has 0 unspecified atom stereocenters. The Balaban J connectivity index is 3.47. The van der Waals surface area contributed by atoms with E-state index in [2.05, 4.69) is 19.2 Å². The number of pyridine rings is 1. The van der Waals surface area contributed by atoms with Crippen molar-refractivity contribution in [2.45, 2.75) is 25.9 Å². The van der Waals surface area contributed by atoms with Crippen molar-refractivity contribution in [1.29, 1.82) is 0 Å². The minimum Gasteiger partial charge on any atom is -0.491 e. The zero-order valence-electron chi connectivity index (χ0n) is 11.8. The number of esters is 1. The maximum Gasteiger partial charge on any atom is 0.573 e. The number of alkyl halides is 6. The van der Waals surface area contributed by atoms with Crippen LogP contribution in [-0.2, 0) is 22.1 Å². The van der Waals surface area contributed by atoms with Crippen molar-refractivity contribution in [3.8, 4) is 11.5 Å². The fourth-order valence-electron chi connectivity index (χ4n) is 1.65. The van der Waals surface area contributed by atoms with Crippen LogP contribution in [0.25, 0.3) is 0 Å². The first-order valence-electron chi connectivity index (χ1n) is 6.04. The fourth-order valence-corrected chi connectivity index (χ4v) is 1.65. The molecule has 0 N–H and O–H groups in total. The summed E-state index contributed by atoms with van der Waals surface area (Å²) >= 11 is 0. The molecule has 1 rings (SSSR count). The summed E-state index contributed by atoms with van der Waals surface area (Å²) in [6.45, 7) is 1.31. The van der Waals surface area contributed by atoms with Crippen LogP contribution in [0.2, 0.25) is 0 Å². The normalized spacial score (nSPS) is 12.0. The lowest BCUT2D eigenvalue weighted by Gasteiger charge is -2.19. The number of hydrogen-bond donors (Lipinski definition) is 0. The lowest BCUT2D eigenvalue weighted by molar-refractivity contribution is -0.276. The molecule has 0 spiro atoms. The Kier molecular flexibility index (Phi) is 5.67. The van der Waals surface area contributed by atoms with Crippen LogP contribution in [0.3, 0.4) is 0 Å². The molecular formula is C12H11F6NO4. The Bertz CT molecular complexity index is 570. The minimum atomic E-state index is -5.39. The molecule has 1 heterocycles. The average Bonchev–Trinajstić information content (AvgIpc) is 2.35. The van der Waals surface area contributed by atoms with Crippen LogP contribution in [0.15, 0.2) is 6.20 Å². The summed E-state index contributed by atoms with van der Waals surface area (Å²) in [5.41, 5.74) is -2.81. The van der Waals surface area contributed by atoms with Crippen LogP contribution in [0.5, 0.6) is 11.5 Å². The van der Waals surface area contributed by atoms with Crippen LogP contribution in [0.4, 0.5) is 26.3 Å². The number of rotatable bonds is 5. The minimum absolute atomic E-state index is 0.109. The van der Waals surface area contributed by atoms with E-state index < -0.39 is 47.7 Å². The van der Waals surface area contributed by atoms with Crippen molar-refractivity contribution in [2.75, 3.05) is 13.7 Å². The summed E-state index contributed by atoms with van der Waals surface area (Å²) in [7, 11) is 0.853. The molecule has 11 heteroatoms. The molecule has 0 saturated carbocycles. The van der Waals surface area contributed by atoms with Crippen LogP contribution < -0.4 is 9.47 Å². The number of carbonyl (C=O) groups excluding carboxylic acids is 1. The zero-order valence-corrected chi connectivity index (χ0v) is 11.8. The van der Waals surface area contributed by atoms with Gasteiger partial charge in [-0.2, -0.15) is 13.2 Å². The molecule has 1 aromatic heterocycles. The number of aromatic nitrogens is 1. The Morgan fingerprint density at radius 3 is 2.26 bits per heavy atom. The first-order valence-corrected chi connectivity index (χ1v) is 6.04. The Hall–Kier alpha value is -2.20. The SMILES string of the molecule is CCOC(=O)Cc1ncc(OC)c(OC(F)(F)F)c1C(F)(F)F. The number of carbonyl (C=O) groups is 1. The van der Waals surface area contributed by atoms with Gasteiger partial charge in [0.05, 0.1) is 32.0 Å². The first kappa shape index (κ1) is 18.8. The molecule has 0 atom stereocenters. The van der Waals surface area contributed by atoms with Gasteiger partial charge in [0.25, 0.3) is 0 Å². The van der Waals surface area contributed by atoms with Gasteiger partial charge in [0, 0.05) is 0 Å². The van der Waals surface area contributed by atoms with E-state index >= 15 is 0 Å². The smallest absolute Gasteiger partial charge is 0.491 e. The van der Waals surface area contributed by atoms with Crippen molar-refractivity contribution >= 4 is 5.97 Å². The maximum absolute atomic E-state index is 13.1. The molecule has 0 amide bonds. The first-order chi connectivity index (χ1) is 10.5. The summed E-state index contributed by atoms with van der Waals surface area (Å²) in [5, 5.41) is 0. The van der Waals surface area contributed by atoms with E-state index in [0.717, 1.165) is 7.11 Å². The summed E-state index contributed by atoms with van der Waals surface area (Å²) in [6.07, 6.45) is -11.0. The van der Waals surface area contributed by atoms with Gasteiger partial charge in [-0.3, -0.25) is 9.78 Å². The van der Waals surface area contributed by atoms with Gasteiger partial charge in [0.15, 0.2) is 11.5 Å². The van der Waals surface area contributed by atoms with E-state index in [1.807, 2.05) is 0 Å². The Labute approximate surface area is 126 Å². The third kappa shape index (κ3) is 5.18. The maximum atomic E-state index is 13.1. The summed E-state index contributed by atoms with van der Waals surface area (Å²) in [6, 6.07) is 0. The summed E-state index contributed by atoms with van der Waals surface area (Å²) in [4.78, 5) is 14.7. The van der Waals surface area contributed by atoms with Gasteiger partial charge in [-0.05, 0) is 6.92 Å². The molecule has 0 fully saturated rings. The monoisotopic (exact) mass is 347 g/mol. The van der Waals surface area contributed by atoms with E-state index in [1.165, 1.54) is 6.92 Å². The van der Waals surface area contributed by atoms with Gasteiger partial charge < -0.3 is 14.2 Å². The topological polar surface area (TPSA) is 57.7 Å². The second kappa shape index (κ2) is 6.92. The number of methoxy groups -OCH3 is 1. The van der Waals surface area contributed by atoms with Crippen LogP contribution >= 0.6 is 0 Å². The largest absolute Gasteiger partial charge is 0.573 e. The molecule has 0 radical (unpaired) electrons. The van der Waals surface area contributed by atoms with Crippen molar-refractivity contribution in [2.24, 2.45) is 0 Å². The lowest BCUT2D eigenvalue weighted by Crippen LogP contribution is -2.23. The molecule has 0 aliphatic carbocycles. The highest BCUT2D eigenvalue weighted by atomic mass is 19.4. The van der Waals surface area contributed by atoms with Crippen molar-refractivity contribution in [1.82, 2.24) is 4.98 Å². The van der Waals surface area contributed by atoms with Gasteiger partial charge in [-0.25, -0.2) is 0 Å². The van der Waals surface area contributed by atoms with Crippen molar-refractivity contribution in [3.63, 3.8) is 0 Å². The molecule has 130 valence electrons. The van der Waals surface area contributed by atoms with Gasteiger partial charge >= 0.3 is 18.5 Å². The second-order valence-electron chi connectivity index (χ2n) is 4.00. The third-order valence-electron chi connectivity index (χ3n) is 2.42. The molecule has 0 aliphatic rings. The molecule has 0 bridgehead atoms. The number of nitrogens with zero attached hydrogens (tertiary/aromatic N) is 1. The van der Waals surface area contributed by atoms with Gasteiger partial charge in [0.1, 0.15) is 5.56 Å². The molecule has 1 aromatic rings. The molecule has 23 heavy (non-hydrogen) atoms. The molecule has 0 saturated heterocycles. The predicted octanol–water partition coefficient (Wildman–Crippen LogP) is 3.11. The lowest BCUT2D eigenvalue weighted by atomic mass is 10.1. The highest BCUT2D eigenvalue weighted by Gasteiger charge is 2.44. The molecular weight excluding hydrogens is 336 g/mol. The number of halogens is 6. The average molecular weight is 347 g/mol. The number of ether oxygens (including phenoxy) is 3. The van der Waals surface area contributed by atoms with E-state index in [1.54, 1.807) is 0 Å². The van der Waals surface area contributed by atoms with E-state index in [9.17, 15) is 31.1 Å². The second-order valence-corrected chi connectivity index (χ2v) is 4.00. The molecule has 0 aliphatic heterocycles.